The molecule has 8 nitrogen and oxygen atoms in total. The highest BCUT2D eigenvalue weighted by Gasteiger charge is 2.30. The van der Waals surface area contributed by atoms with Crippen molar-refractivity contribution in [3.05, 3.63) is 64.9 Å². The molecule has 1 amide bonds. The number of aromatic hydroxyl groups is 1. The Morgan fingerprint density at radius 3 is 2.67 bits per heavy atom. The number of para-hydroxylation sites is 1. The Bertz CT molecular complexity index is 1040. The predicted molar refractivity (Wildman–Crippen MR) is 118 cm³/mol. The smallest absolute Gasteiger partial charge is 0.271 e. The maximum atomic E-state index is 12.9. The van der Waals surface area contributed by atoms with Gasteiger partial charge in [0.05, 0.1) is 32.0 Å². The molecule has 1 heterocycles. The summed E-state index contributed by atoms with van der Waals surface area (Å²) in [6.45, 7) is 1.76. The summed E-state index contributed by atoms with van der Waals surface area (Å²) >= 11 is 5.25. The third-order valence-electron chi connectivity index (χ3n) is 4.56. The Morgan fingerprint density at radius 1 is 1.20 bits per heavy atom. The van der Waals surface area contributed by atoms with Crippen LogP contribution < -0.4 is 25.5 Å². The standard InChI is InChI=1S/C21H22N4O4S/c1-12-18(20(27)25-22-11-14-6-4-5-7-16(14)28-2)19(24-21(30)23-12)13-8-9-15(26)17(10-13)29-3/h4-11,19,26H,1-3H3,(H,25,27)(H2,23,24,30)/b22-11+. The molecule has 0 radical (unpaired) electrons. The number of benzene rings is 2. The number of nitrogens with one attached hydrogen (secondary N) is 3. The summed E-state index contributed by atoms with van der Waals surface area (Å²) in [5.74, 6) is 0.542. The number of rotatable bonds is 6. The summed E-state index contributed by atoms with van der Waals surface area (Å²) in [5, 5.41) is 20.4. The van der Waals surface area contributed by atoms with E-state index < -0.39 is 11.9 Å². The molecule has 0 aromatic heterocycles. The lowest BCUT2D eigenvalue weighted by Crippen LogP contribution is -2.46. The fourth-order valence-corrected chi connectivity index (χ4v) is 3.38. The van der Waals surface area contributed by atoms with Crippen molar-refractivity contribution < 1.29 is 19.4 Å². The molecule has 1 unspecified atom stereocenters. The van der Waals surface area contributed by atoms with E-state index in [2.05, 4.69) is 21.2 Å². The van der Waals surface area contributed by atoms with E-state index >= 15 is 0 Å². The molecule has 0 spiro atoms. The summed E-state index contributed by atoms with van der Waals surface area (Å²) in [5.41, 5.74) is 4.99. The third kappa shape index (κ3) is 4.52. The zero-order chi connectivity index (χ0) is 21.7. The molecule has 30 heavy (non-hydrogen) atoms. The third-order valence-corrected chi connectivity index (χ3v) is 4.78. The van der Waals surface area contributed by atoms with Crippen LogP contribution in [-0.4, -0.2) is 36.6 Å². The van der Waals surface area contributed by atoms with Gasteiger partial charge in [0.25, 0.3) is 5.91 Å². The average molecular weight is 426 g/mol. The van der Waals surface area contributed by atoms with Gasteiger partial charge in [0.15, 0.2) is 16.6 Å². The summed E-state index contributed by atoms with van der Waals surface area (Å²) in [4.78, 5) is 12.9. The first-order valence-electron chi connectivity index (χ1n) is 9.06. The number of phenols is 1. The van der Waals surface area contributed by atoms with Crippen molar-refractivity contribution in [1.29, 1.82) is 0 Å². The minimum absolute atomic E-state index is 0.00544. The fraction of sp³-hybridized carbons (Fsp3) is 0.190. The molecular formula is C21H22N4O4S. The number of allylic oxidation sites excluding steroid dienone is 1. The van der Waals surface area contributed by atoms with E-state index in [0.717, 1.165) is 5.56 Å². The second-order valence-electron chi connectivity index (χ2n) is 6.44. The Morgan fingerprint density at radius 2 is 1.93 bits per heavy atom. The predicted octanol–water partition coefficient (Wildman–Crippen LogP) is 2.35. The first-order valence-corrected chi connectivity index (χ1v) is 9.47. The van der Waals surface area contributed by atoms with Gasteiger partial charge >= 0.3 is 0 Å². The molecule has 0 fully saturated rings. The average Bonchev–Trinajstić information content (AvgIpc) is 2.73. The molecule has 0 saturated carbocycles. The molecule has 1 atom stereocenters. The number of hydrogen-bond donors (Lipinski definition) is 4. The van der Waals surface area contributed by atoms with Gasteiger partial charge in [-0.15, -0.1) is 0 Å². The molecule has 0 saturated heterocycles. The van der Waals surface area contributed by atoms with Crippen molar-refractivity contribution in [1.82, 2.24) is 16.1 Å². The van der Waals surface area contributed by atoms with Crippen LogP contribution in [-0.2, 0) is 4.79 Å². The normalized spacial score (nSPS) is 16.1. The Labute approximate surface area is 179 Å². The molecule has 1 aliphatic heterocycles. The van der Waals surface area contributed by atoms with Crippen LogP contribution in [0.4, 0.5) is 0 Å². The number of ether oxygens (including phenoxy) is 2. The largest absolute Gasteiger partial charge is 0.504 e. The van der Waals surface area contributed by atoms with Crippen LogP contribution >= 0.6 is 12.2 Å². The number of thiocarbonyl (C=S) groups is 1. The van der Waals surface area contributed by atoms with Gasteiger partial charge in [0.1, 0.15) is 5.75 Å². The minimum atomic E-state index is -0.547. The van der Waals surface area contributed by atoms with E-state index in [4.69, 9.17) is 21.7 Å². The molecular weight excluding hydrogens is 404 g/mol. The van der Waals surface area contributed by atoms with Crippen LogP contribution in [0.25, 0.3) is 0 Å². The maximum absolute atomic E-state index is 12.9. The van der Waals surface area contributed by atoms with Crippen molar-refractivity contribution in [3.63, 3.8) is 0 Å². The van der Waals surface area contributed by atoms with Gasteiger partial charge < -0.3 is 25.2 Å². The van der Waals surface area contributed by atoms with Crippen LogP contribution in [0.1, 0.15) is 24.1 Å². The van der Waals surface area contributed by atoms with Crippen molar-refractivity contribution >= 4 is 29.5 Å². The summed E-state index contributed by atoms with van der Waals surface area (Å²) in [7, 11) is 3.03. The molecule has 3 rings (SSSR count). The number of phenolic OH excluding ortho intramolecular Hbond substituents is 1. The van der Waals surface area contributed by atoms with E-state index in [1.54, 1.807) is 32.2 Å². The van der Waals surface area contributed by atoms with E-state index in [0.29, 0.717) is 33.4 Å². The highest BCUT2D eigenvalue weighted by atomic mass is 32.1. The lowest BCUT2D eigenvalue weighted by molar-refractivity contribution is -0.117. The number of nitrogens with zero attached hydrogens (tertiary/aromatic N) is 1. The lowest BCUT2D eigenvalue weighted by Gasteiger charge is -2.30. The van der Waals surface area contributed by atoms with Crippen LogP contribution in [0.5, 0.6) is 17.2 Å². The number of methoxy groups -OCH3 is 2. The van der Waals surface area contributed by atoms with Crippen LogP contribution in [0.15, 0.2) is 58.8 Å². The van der Waals surface area contributed by atoms with Crippen LogP contribution in [0, 0.1) is 0 Å². The number of carbonyl (C=O) groups excluding carboxylic acids is 1. The Hall–Kier alpha value is -3.59. The van der Waals surface area contributed by atoms with Gasteiger partial charge in [-0.05, 0) is 49.0 Å². The van der Waals surface area contributed by atoms with Crippen molar-refractivity contribution in [2.45, 2.75) is 13.0 Å². The summed E-state index contributed by atoms with van der Waals surface area (Å²) in [6.07, 6.45) is 1.51. The number of carbonyl (C=O) groups is 1. The van der Waals surface area contributed by atoms with Gasteiger partial charge in [-0.1, -0.05) is 18.2 Å². The second kappa shape index (κ2) is 9.27. The highest BCUT2D eigenvalue weighted by molar-refractivity contribution is 7.80. The molecule has 2 aromatic carbocycles. The quantitative estimate of drug-likeness (QED) is 0.319. The summed E-state index contributed by atoms with van der Waals surface area (Å²) in [6, 6.07) is 11.6. The minimum Gasteiger partial charge on any atom is -0.504 e. The fourth-order valence-electron chi connectivity index (χ4n) is 3.11. The number of hydrazone groups is 1. The maximum Gasteiger partial charge on any atom is 0.271 e. The van der Waals surface area contributed by atoms with Crippen LogP contribution in [0.2, 0.25) is 0 Å². The first-order chi connectivity index (χ1) is 14.4. The van der Waals surface area contributed by atoms with Crippen molar-refractivity contribution in [3.8, 4) is 17.2 Å². The zero-order valence-electron chi connectivity index (χ0n) is 16.7. The zero-order valence-corrected chi connectivity index (χ0v) is 17.5. The topological polar surface area (TPSA) is 104 Å². The molecule has 9 heteroatoms. The molecule has 156 valence electrons. The number of hydrogen-bond acceptors (Lipinski definition) is 6. The van der Waals surface area contributed by atoms with E-state index in [1.807, 2.05) is 18.2 Å². The number of amides is 1. The Kier molecular flexibility index (Phi) is 6.53. The van der Waals surface area contributed by atoms with E-state index in [-0.39, 0.29) is 5.75 Å². The highest BCUT2D eigenvalue weighted by Crippen LogP contribution is 2.33. The van der Waals surface area contributed by atoms with Gasteiger partial charge in [0, 0.05) is 11.3 Å². The van der Waals surface area contributed by atoms with Gasteiger partial charge in [-0.25, -0.2) is 5.43 Å². The molecule has 0 bridgehead atoms. The molecule has 2 aromatic rings. The van der Waals surface area contributed by atoms with Crippen molar-refractivity contribution in [2.24, 2.45) is 5.10 Å². The van der Waals surface area contributed by atoms with E-state index in [9.17, 15) is 9.90 Å². The molecule has 4 N–H and O–H groups in total. The Balaban J connectivity index is 1.87. The van der Waals surface area contributed by atoms with Crippen molar-refractivity contribution in [2.75, 3.05) is 14.2 Å². The second-order valence-corrected chi connectivity index (χ2v) is 6.85. The van der Waals surface area contributed by atoms with Gasteiger partial charge in [-0.2, -0.15) is 5.10 Å². The summed E-state index contributed by atoms with van der Waals surface area (Å²) < 4.78 is 10.5. The molecule has 0 aliphatic carbocycles. The first kappa shape index (κ1) is 21.1. The SMILES string of the molecule is COc1cc(C2NC(=S)NC(C)=C2C(=O)N/N=C/c2ccccc2OC)ccc1O. The van der Waals surface area contributed by atoms with Gasteiger partial charge in [-0.3, -0.25) is 4.79 Å². The van der Waals surface area contributed by atoms with Gasteiger partial charge in [0.2, 0.25) is 0 Å². The van der Waals surface area contributed by atoms with E-state index in [1.165, 1.54) is 19.4 Å². The molecule has 1 aliphatic rings. The monoisotopic (exact) mass is 426 g/mol. The lowest BCUT2D eigenvalue weighted by atomic mass is 9.95. The van der Waals surface area contributed by atoms with Crippen LogP contribution in [0.3, 0.4) is 0 Å².